The van der Waals surface area contributed by atoms with Crippen molar-refractivity contribution in [2.45, 2.75) is 128 Å². The Bertz CT molecular complexity index is 503. The minimum atomic E-state index is -3.64. The van der Waals surface area contributed by atoms with E-state index < -0.39 is 26.0 Å². The fraction of sp³-hybridized carbons (Fsp3) is 1.00. The minimum absolute atomic E-state index is 0.310. The maximum atomic E-state index is 12.4. The fourth-order valence-electron chi connectivity index (χ4n) is 4.27. The predicted octanol–water partition coefficient (Wildman–Crippen LogP) is 5.91. The first kappa shape index (κ1) is 31.1. The van der Waals surface area contributed by atoms with Crippen LogP contribution < -0.4 is 0 Å². The summed E-state index contributed by atoms with van der Waals surface area (Å²) in [6.07, 6.45) is 16.5. The number of unbranched alkanes of at least 4 members (excludes halogenated alkanes) is 13. The van der Waals surface area contributed by atoms with Gasteiger partial charge < -0.3 is 14.6 Å². The average molecular weight is 490 g/mol. The molecule has 2 radical (unpaired) electrons. The van der Waals surface area contributed by atoms with E-state index in [1.165, 1.54) is 84.8 Å². The number of aliphatic hydroxyl groups is 1. The summed E-state index contributed by atoms with van der Waals surface area (Å²) in [6, 6.07) is -0.623. The van der Waals surface area contributed by atoms with Gasteiger partial charge in [0.05, 0.1) is 6.10 Å². The van der Waals surface area contributed by atoms with Crippen LogP contribution in [0.5, 0.6) is 0 Å². The van der Waals surface area contributed by atoms with Crippen LogP contribution in [0.1, 0.15) is 103 Å². The van der Waals surface area contributed by atoms with Crippen LogP contribution in [0.25, 0.3) is 0 Å². The molecule has 0 spiro atoms. The molecule has 1 aliphatic rings. The molecule has 0 aromatic rings. The zero-order valence-electron chi connectivity index (χ0n) is 21.3. The van der Waals surface area contributed by atoms with Crippen molar-refractivity contribution in [3.05, 3.63) is 0 Å². The summed E-state index contributed by atoms with van der Waals surface area (Å²) in [6.45, 7) is 2.86. The summed E-state index contributed by atoms with van der Waals surface area (Å²) in [5, 5.41) is 8.76. The Morgan fingerprint density at radius 2 is 1.24 bits per heavy atom. The first-order valence-electron chi connectivity index (χ1n) is 13.0. The van der Waals surface area contributed by atoms with Crippen LogP contribution in [0.15, 0.2) is 0 Å². The van der Waals surface area contributed by atoms with E-state index in [0.29, 0.717) is 19.6 Å². The highest BCUT2D eigenvalue weighted by molar-refractivity contribution is 7.48. The molecular weight excluding hydrogens is 442 g/mol. The van der Waals surface area contributed by atoms with Crippen molar-refractivity contribution in [3.8, 4) is 0 Å². The third-order valence-electron chi connectivity index (χ3n) is 6.31. The van der Waals surface area contributed by atoms with E-state index in [2.05, 4.69) is 0 Å². The van der Waals surface area contributed by atoms with Crippen molar-refractivity contribution in [3.63, 3.8) is 0 Å². The topological polar surface area (TPSA) is 83.5 Å². The van der Waals surface area contributed by atoms with Gasteiger partial charge in [-0.3, -0.25) is 13.6 Å². The molecule has 194 valence electrons. The zero-order valence-corrected chi connectivity index (χ0v) is 22.1. The molecule has 1 rings (SSSR count). The van der Waals surface area contributed by atoms with Crippen LogP contribution in [0.2, 0.25) is 0 Å². The second-order valence-corrected chi connectivity index (χ2v) is 10.8. The van der Waals surface area contributed by atoms with Crippen LogP contribution in [0.3, 0.4) is 0 Å². The molecule has 0 amide bonds. The monoisotopic (exact) mass is 490 g/mol. The number of aliphatic hydroxyl groups excluding tert-OH is 1. The molecule has 1 N–H and O–H groups in total. The summed E-state index contributed by atoms with van der Waals surface area (Å²) < 4.78 is 39.6. The van der Waals surface area contributed by atoms with E-state index in [4.69, 9.17) is 36.0 Å². The Balaban J connectivity index is 2.08. The number of phosphoric acid groups is 1. The number of rotatable bonds is 22. The summed E-state index contributed by atoms with van der Waals surface area (Å²) in [4.78, 5) is 0. The normalized spacial score (nSPS) is 23.4. The number of phosphoric ester groups is 1. The zero-order chi connectivity index (χ0) is 24.4. The molecule has 0 bridgehead atoms. The first-order chi connectivity index (χ1) is 16.0. The molecule has 9 heteroatoms. The van der Waals surface area contributed by atoms with Crippen molar-refractivity contribution < 1.29 is 32.7 Å². The van der Waals surface area contributed by atoms with Gasteiger partial charge in [-0.15, -0.1) is 0 Å². The third kappa shape index (κ3) is 13.1. The lowest BCUT2D eigenvalue weighted by Gasteiger charge is -2.26. The minimum Gasteiger partial charge on any atom is -0.396 e. The van der Waals surface area contributed by atoms with Gasteiger partial charge in [-0.1, -0.05) is 84.0 Å². The Kier molecular flexibility index (Phi) is 18.2. The van der Waals surface area contributed by atoms with Crippen LogP contribution in [-0.2, 0) is 27.6 Å². The van der Waals surface area contributed by atoms with Crippen molar-refractivity contribution in [1.82, 2.24) is 0 Å². The Hall–Kier alpha value is 0.0549. The Morgan fingerprint density at radius 3 is 1.67 bits per heavy atom. The van der Waals surface area contributed by atoms with Gasteiger partial charge in [0, 0.05) is 33.4 Å². The van der Waals surface area contributed by atoms with Crippen molar-refractivity contribution in [1.29, 1.82) is 0 Å². The van der Waals surface area contributed by atoms with Gasteiger partial charge >= 0.3 is 7.82 Å². The van der Waals surface area contributed by atoms with Gasteiger partial charge in [-0.05, 0) is 19.3 Å². The third-order valence-corrected chi connectivity index (χ3v) is 7.71. The highest BCUT2D eigenvalue weighted by atomic mass is 31.2. The first-order valence-corrected chi connectivity index (χ1v) is 14.5. The van der Waals surface area contributed by atoms with E-state index in [1.54, 1.807) is 0 Å². The van der Waals surface area contributed by atoms with Crippen LogP contribution >= 0.6 is 7.82 Å². The highest BCUT2D eigenvalue weighted by Crippen LogP contribution is 2.51. The maximum absolute atomic E-state index is 12.4. The molecule has 1 heterocycles. The fourth-order valence-corrected chi connectivity index (χ4v) is 5.14. The number of hydrogen-bond donors (Lipinski definition) is 1. The second kappa shape index (κ2) is 19.3. The SMILES string of the molecule is [B][C@@H]1O[C@H](CC)[C@@H](OP(=O)(OC)OC)[C@H]1OCCCCCCCCCCCCCCCCO. The average Bonchev–Trinajstić information content (AvgIpc) is 3.12. The Morgan fingerprint density at radius 1 is 0.788 bits per heavy atom. The maximum Gasteiger partial charge on any atom is 0.474 e. The van der Waals surface area contributed by atoms with Gasteiger partial charge in [-0.25, -0.2) is 4.57 Å². The smallest absolute Gasteiger partial charge is 0.396 e. The molecule has 33 heavy (non-hydrogen) atoms. The van der Waals surface area contributed by atoms with E-state index in [-0.39, 0.29) is 6.10 Å². The lowest BCUT2D eigenvalue weighted by atomic mass is 9.92. The van der Waals surface area contributed by atoms with Crippen molar-refractivity contribution in [2.24, 2.45) is 0 Å². The lowest BCUT2D eigenvalue weighted by Crippen LogP contribution is -2.37. The largest absolute Gasteiger partial charge is 0.474 e. The van der Waals surface area contributed by atoms with Crippen molar-refractivity contribution in [2.75, 3.05) is 27.4 Å². The van der Waals surface area contributed by atoms with Gasteiger partial charge in [0.2, 0.25) is 0 Å². The molecule has 0 aliphatic carbocycles. The van der Waals surface area contributed by atoms with E-state index >= 15 is 0 Å². The van der Waals surface area contributed by atoms with E-state index in [0.717, 1.165) is 19.3 Å². The molecule has 1 saturated heterocycles. The second-order valence-electron chi connectivity index (χ2n) is 8.94. The molecule has 0 saturated carbocycles. The van der Waals surface area contributed by atoms with Gasteiger partial charge in [0.15, 0.2) is 0 Å². The molecule has 4 atom stereocenters. The molecule has 1 aliphatic heterocycles. The standard InChI is InChI=1S/C24H48BO7P/c1-4-21-22(32-33(27,28-2)29-3)23(24(25)31-21)30-20-18-16-14-12-10-8-6-5-7-9-11-13-15-17-19-26/h21-24,26H,4-20H2,1-3H3/t21-,22-,23-,24-/m1/s1. The quantitative estimate of drug-likeness (QED) is 0.115. The summed E-state index contributed by atoms with van der Waals surface area (Å²) in [5.41, 5.74) is 0. The molecule has 0 aromatic heterocycles. The predicted molar refractivity (Wildman–Crippen MR) is 133 cm³/mol. The van der Waals surface area contributed by atoms with Crippen molar-refractivity contribution >= 4 is 15.7 Å². The summed E-state index contributed by atoms with van der Waals surface area (Å²) in [5.74, 6) is 0. The van der Waals surface area contributed by atoms with Gasteiger partial charge in [0.25, 0.3) is 0 Å². The number of ether oxygens (including phenoxy) is 2. The molecular formula is C24H48BO7P. The molecule has 1 fully saturated rings. The molecule has 0 unspecified atom stereocenters. The summed E-state index contributed by atoms with van der Waals surface area (Å²) >= 11 is 0. The Labute approximate surface area is 203 Å². The highest BCUT2D eigenvalue weighted by Gasteiger charge is 2.46. The van der Waals surface area contributed by atoms with E-state index in [9.17, 15) is 4.57 Å². The van der Waals surface area contributed by atoms with Gasteiger partial charge in [0.1, 0.15) is 20.1 Å². The lowest BCUT2D eigenvalue weighted by molar-refractivity contribution is -0.0263. The van der Waals surface area contributed by atoms with Crippen LogP contribution in [-0.4, -0.2) is 64.7 Å². The van der Waals surface area contributed by atoms with Crippen LogP contribution in [0.4, 0.5) is 0 Å². The van der Waals surface area contributed by atoms with Gasteiger partial charge in [-0.2, -0.15) is 0 Å². The molecule has 7 nitrogen and oxygen atoms in total. The van der Waals surface area contributed by atoms with Crippen LogP contribution in [0, 0.1) is 0 Å². The molecule has 0 aromatic carbocycles. The summed E-state index contributed by atoms with van der Waals surface area (Å²) in [7, 11) is 5.03. The van der Waals surface area contributed by atoms with E-state index in [1.807, 2.05) is 6.92 Å². The number of hydrogen-bond acceptors (Lipinski definition) is 7.